The van der Waals surface area contributed by atoms with Crippen molar-refractivity contribution in [2.75, 3.05) is 5.32 Å². The van der Waals surface area contributed by atoms with Gasteiger partial charge in [-0.25, -0.2) is 4.98 Å². The maximum atomic E-state index is 13.0. The molecule has 0 aliphatic heterocycles. The van der Waals surface area contributed by atoms with Crippen LogP contribution in [0.15, 0.2) is 65.1 Å². The van der Waals surface area contributed by atoms with Crippen molar-refractivity contribution in [3.8, 4) is 11.5 Å². The van der Waals surface area contributed by atoms with Gasteiger partial charge in [0.1, 0.15) is 11.5 Å². The Morgan fingerprint density at radius 1 is 1.04 bits per heavy atom. The highest BCUT2D eigenvalue weighted by Crippen LogP contribution is 2.29. The molecule has 134 valence electrons. The lowest BCUT2D eigenvalue weighted by Gasteiger charge is -2.11. The molecule has 0 unspecified atom stereocenters. The molecule has 2 heterocycles. The number of aryl methyl sites for hydroxylation is 1. The summed E-state index contributed by atoms with van der Waals surface area (Å²) in [6.07, 6.45) is 0. The second-order valence-corrected chi connectivity index (χ2v) is 6.90. The lowest BCUT2D eigenvalue weighted by molar-refractivity contribution is 0.102. The van der Waals surface area contributed by atoms with E-state index in [1.54, 1.807) is 24.3 Å². The van der Waals surface area contributed by atoms with Gasteiger partial charge in [-0.3, -0.25) is 4.79 Å². The summed E-state index contributed by atoms with van der Waals surface area (Å²) >= 11 is 12.2. The SMILES string of the molecule is Cc1ccc(-c2cc(C(=O)Nc3cc(Cl)ccc3Cl)c3ccccc3n2)o1. The number of nitrogens with zero attached hydrogens (tertiary/aromatic N) is 1. The summed E-state index contributed by atoms with van der Waals surface area (Å²) in [5.41, 5.74) is 2.21. The highest BCUT2D eigenvalue weighted by Gasteiger charge is 2.16. The van der Waals surface area contributed by atoms with Crippen molar-refractivity contribution in [3.05, 3.63) is 82.0 Å². The zero-order chi connectivity index (χ0) is 19.0. The standard InChI is InChI=1S/C21H14Cl2N2O2/c1-12-6-9-20(27-12)19-11-15(14-4-2-3-5-17(14)24-19)21(26)25-18-10-13(22)7-8-16(18)23/h2-11H,1H3,(H,25,26). The molecular weight excluding hydrogens is 383 g/mol. The number of furan rings is 1. The van der Waals surface area contributed by atoms with Crippen molar-refractivity contribution in [1.82, 2.24) is 4.98 Å². The van der Waals surface area contributed by atoms with Gasteiger partial charge in [0.2, 0.25) is 0 Å². The summed E-state index contributed by atoms with van der Waals surface area (Å²) in [6, 6.07) is 17.8. The van der Waals surface area contributed by atoms with E-state index < -0.39 is 0 Å². The quantitative estimate of drug-likeness (QED) is 0.438. The summed E-state index contributed by atoms with van der Waals surface area (Å²) < 4.78 is 5.67. The minimum absolute atomic E-state index is 0.303. The molecule has 0 aliphatic rings. The molecule has 1 amide bonds. The summed E-state index contributed by atoms with van der Waals surface area (Å²) in [7, 11) is 0. The lowest BCUT2D eigenvalue weighted by atomic mass is 10.1. The first-order valence-corrected chi connectivity index (χ1v) is 9.00. The zero-order valence-corrected chi connectivity index (χ0v) is 15.8. The average molecular weight is 397 g/mol. The first-order valence-electron chi connectivity index (χ1n) is 8.24. The predicted octanol–water partition coefficient (Wildman–Crippen LogP) is 6.36. The molecule has 4 aromatic rings. The number of nitrogens with one attached hydrogen (secondary N) is 1. The average Bonchev–Trinajstić information content (AvgIpc) is 3.10. The van der Waals surface area contributed by atoms with Gasteiger partial charge in [0.15, 0.2) is 5.76 Å². The van der Waals surface area contributed by atoms with Crippen molar-refractivity contribution in [3.63, 3.8) is 0 Å². The number of aromatic nitrogens is 1. The van der Waals surface area contributed by atoms with Gasteiger partial charge in [0, 0.05) is 10.4 Å². The third-order valence-electron chi connectivity index (χ3n) is 4.13. The van der Waals surface area contributed by atoms with Crippen LogP contribution in [0.5, 0.6) is 0 Å². The van der Waals surface area contributed by atoms with E-state index in [1.807, 2.05) is 43.3 Å². The van der Waals surface area contributed by atoms with Gasteiger partial charge in [0.25, 0.3) is 5.91 Å². The fraction of sp³-hybridized carbons (Fsp3) is 0.0476. The van der Waals surface area contributed by atoms with Gasteiger partial charge in [-0.2, -0.15) is 0 Å². The number of amides is 1. The monoisotopic (exact) mass is 396 g/mol. The fourth-order valence-electron chi connectivity index (χ4n) is 2.84. The minimum Gasteiger partial charge on any atom is -0.460 e. The molecule has 0 saturated carbocycles. The van der Waals surface area contributed by atoms with Crippen LogP contribution in [0.25, 0.3) is 22.4 Å². The second-order valence-electron chi connectivity index (χ2n) is 6.06. The number of pyridine rings is 1. The smallest absolute Gasteiger partial charge is 0.256 e. The van der Waals surface area contributed by atoms with Gasteiger partial charge in [-0.05, 0) is 49.4 Å². The van der Waals surface area contributed by atoms with Crippen LogP contribution in [0.1, 0.15) is 16.1 Å². The normalized spacial score (nSPS) is 10.9. The molecule has 1 N–H and O–H groups in total. The minimum atomic E-state index is -0.303. The number of halogens is 2. The van der Waals surface area contributed by atoms with Crippen molar-refractivity contribution in [2.24, 2.45) is 0 Å². The maximum absolute atomic E-state index is 13.0. The highest BCUT2D eigenvalue weighted by molar-refractivity contribution is 6.36. The van der Waals surface area contributed by atoms with Crippen LogP contribution in [-0.4, -0.2) is 10.9 Å². The van der Waals surface area contributed by atoms with Crippen LogP contribution < -0.4 is 5.32 Å². The summed E-state index contributed by atoms with van der Waals surface area (Å²) in [5.74, 6) is 1.08. The molecule has 2 aromatic heterocycles. The molecule has 0 atom stereocenters. The van der Waals surface area contributed by atoms with Gasteiger partial charge in [-0.15, -0.1) is 0 Å². The Morgan fingerprint density at radius 2 is 1.85 bits per heavy atom. The third kappa shape index (κ3) is 3.54. The van der Waals surface area contributed by atoms with Crippen LogP contribution in [0.3, 0.4) is 0 Å². The molecule has 4 rings (SSSR count). The van der Waals surface area contributed by atoms with E-state index in [4.69, 9.17) is 27.6 Å². The molecule has 27 heavy (non-hydrogen) atoms. The van der Waals surface area contributed by atoms with Gasteiger partial charge >= 0.3 is 0 Å². The van der Waals surface area contributed by atoms with Crippen molar-refractivity contribution in [1.29, 1.82) is 0 Å². The largest absolute Gasteiger partial charge is 0.460 e. The number of rotatable bonds is 3. The van der Waals surface area contributed by atoms with E-state index >= 15 is 0 Å². The van der Waals surface area contributed by atoms with Crippen molar-refractivity contribution < 1.29 is 9.21 Å². The van der Waals surface area contributed by atoms with E-state index in [9.17, 15) is 4.79 Å². The number of hydrogen-bond donors (Lipinski definition) is 1. The number of hydrogen-bond acceptors (Lipinski definition) is 3. The molecule has 0 spiro atoms. The van der Waals surface area contributed by atoms with Crippen LogP contribution in [0.2, 0.25) is 10.0 Å². The van der Waals surface area contributed by atoms with Crippen molar-refractivity contribution >= 4 is 45.7 Å². The number of carbonyl (C=O) groups is 1. The van der Waals surface area contributed by atoms with Crippen LogP contribution in [0, 0.1) is 6.92 Å². The fourth-order valence-corrected chi connectivity index (χ4v) is 3.18. The van der Waals surface area contributed by atoms with E-state index in [2.05, 4.69) is 10.3 Å². The molecule has 6 heteroatoms. The number of carbonyl (C=O) groups excluding carboxylic acids is 1. The topological polar surface area (TPSA) is 55.1 Å². The molecule has 2 aromatic carbocycles. The van der Waals surface area contributed by atoms with E-state index in [-0.39, 0.29) is 5.91 Å². The van der Waals surface area contributed by atoms with E-state index in [1.165, 1.54) is 0 Å². The van der Waals surface area contributed by atoms with Crippen LogP contribution >= 0.6 is 23.2 Å². The Morgan fingerprint density at radius 3 is 2.63 bits per heavy atom. The van der Waals surface area contributed by atoms with E-state index in [0.29, 0.717) is 38.3 Å². The lowest BCUT2D eigenvalue weighted by Crippen LogP contribution is -2.13. The number of anilines is 1. The summed E-state index contributed by atoms with van der Waals surface area (Å²) in [6.45, 7) is 1.86. The molecule has 0 saturated heterocycles. The molecular formula is C21H14Cl2N2O2. The second kappa shape index (κ2) is 7.06. The number of para-hydroxylation sites is 1. The van der Waals surface area contributed by atoms with Gasteiger partial charge < -0.3 is 9.73 Å². The molecule has 0 aliphatic carbocycles. The first-order chi connectivity index (χ1) is 13.0. The Hall–Kier alpha value is -2.82. The van der Waals surface area contributed by atoms with Gasteiger partial charge in [-0.1, -0.05) is 41.4 Å². The summed E-state index contributed by atoms with van der Waals surface area (Å²) in [5, 5.41) is 4.46. The first kappa shape index (κ1) is 17.6. The van der Waals surface area contributed by atoms with E-state index in [0.717, 1.165) is 11.1 Å². The number of benzene rings is 2. The molecule has 4 nitrogen and oxygen atoms in total. The zero-order valence-electron chi connectivity index (χ0n) is 14.3. The molecule has 0 bridgehead atoms. The Kier molecular flexibility index (Phi) is 4.60. The Bertz CT molecular complexity index is 1170. The van der Waals surface area contributed by atoms with Crippen LogP contribution in [-0.2, 0) is 0 Å². The summed E-state index contributed by atoms with van der Waals surface area (Å²) in [4.78, 5) is 17.6. The third-order valence-corrected chi connectivity index (χ3v) is 4.69. The maximum Gasteiger partial charge on any atom is 0.256 e. The number of fused-ring (bicyclic) bond motifs is 1. The predicted molar refractivity (Wildman–Crippen MR) is 109 cm³/mol. The highest BCUT2D eigenvalue weighted by atomic mass is 35.5. The molecule has 0 fully saturated rings. The van der Waals surface area contributed by atoms with Crippen LogP contribution in [0.4, 0.5) is 5.69 Å². The van der Waals surface area contributed by atoms with Gasteiger partial charge in [0.05, 0.1) is 21.8 Å². The molecule has 0 radical (unpaired) electrons. The van der Waals surface area contributed by atoms with Crippen molar-refractivity contribution in [2.45, 2.75) is 6.92 Å². The Labute approximate surface area is 165 Å². The Balaban J connectivity index is 1.82.